The molecular weight excluding hydrogens is 429 g/mol. The summed E-state index contributed by atoms with van der Waals surface area (Å²) >= 11 is 15.2. The molecule has 0 aliphatic heterocycles. The number of halogens is 3. The summed E-state index contributed by atoms with van der Waals surface area (Å²) in [6.45, 7) is 1.64. The first kappa shape index (κ1) is 19.4. The van der Waals surface area contributed by atoms with Crippen molar-refractivity contribution >= 4 is 62.3 Å². The highest BCUT2D eigenvalue weighted by Crippen LogP contribution is 2.29. The lowest BCUT2D eigenvalue weighted by atomic mass is 10.2. The Hall–Kier alpha value is -1.89. The fraction of sp³-hybridized carbons (Fsp3) is 0.118. The van der Waals surface area contributed by atoms with Crippen LogP contribution in [0.4, 0.5) is 5.69 Å². The number of anilines is 1. The number of rotatable bonds is 5. The van der Waals surface area contributed by atoms with E-state index in [1.165, 1.54) is 0 Å². The zero-order chi connectivity index (χ0) is 18.4. The normalized spacial score (nSPS) is 11.1. The number of amides is 2. The Morgan fingerprint density at radius 3 is 2.60 bits per heavy atom. The maximum Gasteiger partial charge on any atom is 0.271 e. The summed E-state index contributed by atoms with van der Waals surface area (Å²) in [7, 11) is 0. The molecule has 2 amide bonds. The van der Waals surface area contributed by atoms with Gasteiger partial charge in [0.1, 0.15) is 0 Å². The van der Waals surface area contributed by atoms with E-state index in [-0.39, 0.29) is 23.3 Å². The van der Waals surface area contributed by atoms with Gasteiger partial charge in [0, 0.05) is 15.7 Å². The number of nitrogens with one attached hydrogen (secondary N) is 2. The second-order valence-electron chi connectivity index (χ2n) is 5.12. The Balaban J connectivity index is 1.93. The Kier molecular flexibility index (Phi) is 6.99. The second kappa shape index (κ2) is 8.99. The van der Waals surface area contributed by atoms with Crippen molar-refractivity contribution in [3.8, 4) is 0 Å². The molecule has 0 bridgehead atoms. The molecule has 130 valence electrons. The molecule has 0 saturated carbocycles. The van der Waals surface area contributed by atoms with Crippen LogP contribution in [-0.2, 0) is 4.79 Å². The van der Waals surface area contributed by atoms with E-state index in [9.17, 15) is 9.59 Å². The van der Waals surface area contributed by atoms with E-state index in [0.29, 0.717) is 22.0 Å². The van der Waals surface area contributed by atoms with Gasteiger partial charge in [-0.3, -0.25) is 9.59 Å². The average molecular weight is 443 g/mol. The molecule has 2 aromatic rings. The number of nitrogens with zero attached hydrogens (tertiary/aromatic N) is 1. The minimum Gasteiger partial charge on any atom is -0.324 e. The predicted molar refractivity (Wildman–Crippen MR) is 104 cm³/mol. The zero-order valence-corrected chi connectivity index (χ0v) is 16.2. The first-order valence-electron chi connectivity index (χ1n) is 7.19. The van der Waals surface area contributed by atoms with Gasteiger partial charge in [0.15, 0.2) is 0 Å². The van der Waals surface area contributed by atoms with Gasteiger partial charge in [0.2, 0.25) is 5.91 Å². The Morgan fingerprint density at radius 1 is 1.16 bits per heavy atom. The maximum absolute atomic E-state index is 12.0. The smallest absolute Gasteiger partial charge is 0.271 e. The topological polar surface area (TPSA) is 70.6 Å². The molecule has 0 saturated heterocycles. The lowest BCUT2D eigenvalue weighted by molar-refractivity contribution is -0.115. The van der Waals surface area contributed by atoms with E-state index in [1.807, 2.05) is 6.07 Å². The van der Waals surface area contributed by atoms with Crippen LogP contribution in [0.1, 0.15) is 23.7 Å². The molecule has 2 aromatic carbocycles. The fourth-order valence-corrected chi connectivity index (χ4v) is 2.65. The Labute approximate surface area is 163 Å². The van der Waals surface area contributed by atoms with E-state index in [0.717, 1.165) is 4.47 Å². The number of hydrazone groups is 1. The van der Waals surface area contributed by atoms with E-state index < -0.39 is 0 Å². The largest absolute Gasteiger partial charge is 0.324 e. The van der Waals surface area contributed by atoms with Crippen LogP contribution in [0, 0.1) is 0 Å². The monoisotopic (exact) mass is 441 g/mol. The molecule has 0 radical (unpaired) electrons. The predicted octanol–water partition coefficient (Wildman–Crippen LogP) is 4.89. The van der Waals surface area contributed by atoms with Crippen molar-refractivity contribution in [3.63, 3.8) is 0 Å². The first-order chi connectivity index (χ1) is 11.9. The highest BCUT2D eigenvalue weighted by molar-refractivity contribution is 9.10. The summed E-state index contributed by atoms with van der Waals surface area (Å²) in [6, 6.07) is 11.9. The molecule has 0 fully saturated rings. The van der Waals surface area contributed by atoms with Gasteiger partial charge in [-0.25, -0.2) is 5.43 Å². The minimum atomic E-state index is -0.362. The quantitative estimate of drug-likeness (QED) is 0.511. The van der Waals surface area contributed by atoms with Crippen LogP contribution in [0.3, 0.4) is 0 Å². The van der Waals surface area contributed by atoms with Crippen LogP contribution in [0.2, 0.25) is 10.0 Å². The van der Waals surface area contributed by atoms with E-state index >= 15 is 0 Å². The fourth-order valence-electron chi connectivity index (χ4n) is 1.91. The highest BCUT2D eigenvalue weighted by atomic mass is 79.9. The molecule has 2 rings (SSSR count). The van der Waals surface area contributed by atoms with E-state index in [4.69, 9.17) is 23.2 Å². The van der Waals surface area contributed by atoms with Gasteiger partial charge in [0.25, 0.3) is 5.91 Å². The van der Waals surface area contributed by atoms with Crippen LogP contribution < -0.4 is 10.7 Å². The van der Waals surface area contributed by atoms with Crippen molar-refractivity contribution in [1.29, 1.82) is 0 Å². The maximum atomic E-state index is 12.0. The number of hydrogen-bond acceptors (Lipinski definition) is 3. The van der Waals surface area contributed by atoms with Crippen molar-refractivity contribution in [3.05, 3.63) is 62.5 Å². The van der Waals surface area contributed by atoms with Gasteiger partial charge in [-0.05, 0) is 37.3 Å². The molecule has 0 heterocycles. The molecule has 2 N–H and O–H groups in total. The minimum absolute atomic E-state index is 0.00159. The Morgan fingerprint density at radius 2 is 1.88 bits per heavy atom. The van der Waals surface area contributed by atoms with Gasteiger partial charge in [-0.15, -0.1) is 0 Å². The summed E-state index contributed by atoms with van der Waals surface area (Å²) in [5.41, 5.74) is 3.74. The molecule has 0 aliphatic rings. The Bertz CT molecular complexity index is 840. The number of hydrogen-bond donors (Lipinski definition) is 2. The van der Waals surface area contributed by atoms with Crippen LogP contribution in [0.5, 0.6) is 0 Å². The third-order valence-corrected chi connectivity index (χ3v) is 4.39. The van der Waals surface area contributed by atoms with Gasteiger partial charge < -0.3 is 5.32 Å². The molecule has 0 atom stereocenters. The second-order valence-corrected chi connectivity index (χ2v) is 6.83. The lowest BCUT2D eigenvalue weighted by Gasteiger charge is -2.08. The summed E-state index contributed by atoms with van der Waals surface area (Å²) in [4.78, 5) is 24.0. The molecule has 25 heavy (non-hydrogen) atoms. The van der Waals surface area contributed by atoms with E-state index in [1.54, 1.807) is 43.3 Å². The van der Waals surface area contributed by atoms with E-state index in [2.05, 4.69) is 31.8 Å². The average Bonchev–Trinajstić information content (AvgIpc) is 2.56. The number of benzene rings is 2. The van der Waals surface area contributed by atoms with Gasteiger partial charge in [0.05, 0.1) is 22.2 Å². The number of carbonyl (C=O) groups excluding carboxylic acids is 2. The van der Waals surface area contributed by atoms with Crippen molar-refractivity contribution in [2.24, 2.45) is 5.10 Å². The first-order valence-corrected chi connectivity index (χ1v) is 8.74. The van der Waals surface area contributed by atoms with Gasteiger partial charge in [-0.1, -0.05) is 51.3 Å². The third kappa shape index (κ3) is 5.85. The van der Waals surface area contributed by atoms with Gasteiger partial charge >= 0.3 is 0 Å². The summed E-state index contributed by atoms with van der Waals surface area (Å²) in [5, 5.41) is 7.21. The lowest BCUT2D eigenvalue weighted by Crippen LogP contribution is -2.21. The molecule has 0 unspecified atom stereocenters. The summed E-state index contributed by atoms with van der Waals surface area (Å²) in [5.74, 6) is -0.680. The van der Waals surface area contributed by atoms with Crippen LogP contribution in [0.15, 0.2) is 52.0 Å². The van der Waals surface area contributed by atoms with Crippen LogP contribution in [-0.4, -0.2) is 17.5 Å². The van der Waals surface area contributed by atoms with Crippen LogP contribution >= 0.6 is 39.1 Å². The number of carbonyl (C=O) groups is 2. The standard InChI is InChI=1S/C17H14BrCl2N3O2/c1-10(22-23-17(25)11-4-2-5-12(18)9-11)8-15(24)21-14-7-3-6-13(19)16(14)20/h2-7,9H,8H2,1H3,(H,21,24)(H,23,25). The molecule has 0 spiro atoms. The molecule has 0 aliphatic carbocycles. The van der Waals surface area contributed by atoms with Crippen molar-refractivity contribution < 1.29 is 9.59 Å². The van der Waals surface area contributed by atoms with Crippen molar-refractivity contribution in [2.45, 2.75) is 13.3 Å². The third-order valence-electron chi connectivity index (χ3n) is 3.08. The van der Waals surface area contributed by atoms with Gasteiger partial charge in [-0.2, -0.15) is 5.10 Å². The zero-order valence-electron chi connectivity index (χ0n) is 13.1. The summed E-state index contributed by atoms with van der Waals surface area (Å²) < 4.78 is 0.790. The van der Waals surface area contributed by atoms with Crippen molar-refractivity contribution in [2.75, 3.05) is 5.32 Å². The molecule has 0 aromatic heterocycles. The van der Waals surface area contributed by atoms with Crippen LogP contribution in [0.25, 0.3) is 0 Å². The SMILES string of the molecule is CC(CC(=O)Nc1cccc(Cl)c1Cl)=NNC(=O)c1cccc(Br)c1. The molecule has 8 heteroatoms. The summed E-state index contributed by atoms with van der Waals surface area (Å²) in [6.07, 6.45) is 0.00159. The van der Waals surface area contributed by atoms with Crippen molar-refractivity contribution in [1.82, 2.24) is 5.43 Å². The molecular formula is C17H14BrCl2N3O2. The highest BCUT2D eigenvalue weighted by Gasteiger charge is 2.10. The molecule has 5 nitrogen and oxygen atoms in total.